The molecule has 4 rings (SSSR count). The van der Waals surface area contributed by atoms with Crippen molar-refractivity contribution in [3.05, 3.63) is 64.4 Å². The van der Waals surface area contributed by atoms with E-state index in [2.05, 4.69) is 78.8 Å². The average molecular weight is 421 g/mol. The van der Waals surface area contributed by atoms with Gasteiger partial charge in [-0.1, -0.05) is 74.7 Å². The predicted molar refractivity (Wildman–Crippen MR) is 127 cm³/mol. The summed E-state index contributed by atoms with van der Waals surface area (Å²) in [5, 5.41) is 5.04. The Hall–Kier alpha value is -2.24. The van der Waals surface area contributed by atoms with Crippen molar-refractivity contribution in [2.75, 3.05) is 13.1 Å². The number of aryl methyl sites for hydroxylation is 1. The van der Waals surface area contributed by atoms with E-state index in [1.54, 1.807) is 0 Å². The molecule has 0 aliphatic carbocycles. The molecule has 1 saturated heterocycles. The van der Waals surface area contributed by atoms with E-state index in [9.17, 15) is 0 Å². The number of para-hydroxylation sites is 1. The first-order chi connectivity index (χ1) is 14.5. The lowest BCUT2D eigenvalue weighted by Gasteiger charge is -2.19. The van der Waals surface area contributed by atoms with Gasteiger partial charge in [-0.05, 0) is 62.6 Å². The summed E-state index contributed by atoms with van der Waals surface area (Å²) in [6, 6.07) is 17.2. The first-order valence-electron chi connectivity index (χ1n) is 11.1. The minimum Gasteiger partial charge on any atom is -0.284 e. The monoisotopic (exact) mass is 420 g/mol. The van der Waals surface area contributed by atoms with Gasteiger partial charge in [-0.3, -0.25) is 9.47 Å². The summed E-state index contributed by atoms with van der Waals surface area (Å²) in [7, 11) is 0. The van der Waals surface area contributed by atoms with Gasteiger partial charge in [0, 0.05) is 5.56 Å². The number of hydrogen-bond acceptors (Lipinski definition) is 3. The van der Waals surface area contributed by atoms with Gasteiger partial charge in [0.2, 0.25) is 4.77 Å². The highest BCUT2D eigenvalue weighted by Gasteiger charge is 2.19. The van der Waals surface area contributed by atoms with E-state index in [0.717, 1.165) is 41.6 Å². The van der Waals surface area contributed by atoms with Crippen LogP contribution in [0.15, 0.2) is 48.5 Å². The summed E-state index contributed by atoms with van der Waals surface area (Å²) >= 11 is 6.01. The van der Waals surface area contributed by atoms with Gasteiger partial charge >= 0.3 is 0 Å². The fourth-order valence-corrected chi connectivity index (χ4v) is 4.54. The third kappa shape index (κ3) is 4.42. The molecule has 0 radical (unpaired) electrons. The first-order valence-corrected chi connectivity index (χ1v) is 11.5. The van der Waals surface area contributed by atoms with Crippen LogP contribution in [0.5, 0.6) is 0 Å². The molecule has 2 heterocycles. The second-order valence-corrected chi connectivity index (χ2v) is 9.06. The maximum absolute atomic E-state index is 6.01. The minimum absolute atomic E-state index is 0.405. The Morgan fingerprint density at radius 3 is 2.27 bits per heavy atom. The van der Waals surface area contributed by atoms with Crippen LogP contribution in [0.2, 0.25) is 0 Å². The van der Waals surface area contributed by atoms with Crippen LogP contribution in [0.1, 0.15) is 56.6 Å². The van der Waals surface area contributed by atoms with Crippen molar-refractivity contribution in [1.29, 1.82) is 0 Å². The van der Waals surface area contributed by atoms with Crippen LogP contribution in [0, 0.1) is 11.7 Å². The van der Waals surface area contributed by atoms with Crippen LogP contribution >= 0.6 is 12.2 Å². The summed E-state index contributed by atoms with van der Waals surface area (Å²) in [6.45, 7) is 9.58. The van der Waals surface area contributed by atoms with Crippen LogP contribution in [0.3, 0.4) is 0 Å². The number of rotatable bonds is 5. The summed E-state index contributed by atoms with van der Waals surface area (Å²) < 4.78 is 4.96. The van der Waals surface area contributed by atoms with Crippen molar-refractivity contribution in [3.63, 3.8) is 0 Å². The maximum atomic E-state index is 6.01. The zero-order valence-corrected chi connectivity index (χ0v) is 19.2. The quantitative estimate of drug-likeness (QED) is 0.451. The normalized spacial score (nSPS) is 15.5. The van der Waals surface area contributed by atoms with Crippen molar-refractivity contribution < 1.29 is 0 Å². The van der Waals surface area contributed by atoms with Crippen molar-refractivity contribution in [2.24, 2.45) is 0 Å². The van der Waals surface area contributed by atoms with Crippen molar-refractivity contribution in [2.45, 2.75) is 59.0 Å². The first kappa shape index (κ1) is 21.0. The van der Waals surface area contributed by atoms with E-state index in [0.29, 0.717) is 5.92 Å². The third-order valence-corrected chi connectivity index (χ3v) is 6.37. The summed E-state index contributed by atoms with van der Waals surface area (Å²) in [5.41, 5.74) is 4.77. The van der Waals surface area contributed by atoms with E-state index in [-0.39, 0.29) is 0 Å². The Balaban J connectivity index is 1.84. The molecule has 1 aliphatic heterocycles. The van der Waals surface area contributed by atoms with Gasteiger partial charge < -0.3 is 0 Å². The van der Waals surface area contributed by atoms with E-state index in [1.165, 1.54) is 36.8 Å². The average Bonchev–Trinajstić information content (AvgIpc) is 2.90. The zero-order chi connectivity index (χ0) is 21.1. The number of aromatic nitrogens is 3. The van der Waals surface area contributed by atoms with Crippen LogP contribution in [0.4, 0.5) is 0 Å². The molecule has 0 spiro atoms. The number of likely N-dealkylation sites (tertiary alicyclic amines) is 1. The summed E-state index contributed by atoms with van der Waals surface area (Å²) in [5.74, 6) is 1.32. The van der Waals surface area contributed by atoms with Crippen LogP contribution in [-0.4, -0.2) is 32.3 Å². The SMILES string of the molecule is Cc1ccc(-c2nn(CN3CCCCCC3)c(=S)n2-c2ccccc2C(C)C)cc1. The Morgan fingerprint density at radius 2 is 1.60 bits per heavy atom. The Kier molecular flexibility index (Phi) is 6.49. The molecule has 4 nitrogen and oxygen atoms in total. The molecule has 0 amide bonds. The largest absolute Gasteiger partial charge is 0.284 e. The highest BCUT2D eigenvalue weighted by molar-refractivity contribution is 7.71. The van der Waals surface area contributed by atoms with Gasteiger partial charge in [0.15, 0.2) is 5.82 Å². The van der Waals surface area contributed by atoms with Crippen LogP contribution < -0.4 is 0 Å². The molecule has 0 atom stereocenters. The lowest BCUT2D eigenvalue weighted by molar-refractivity contribution is 0.213. The molecule has 0 N–H and O–H groups in total. The highest BCUT2D eigenvalue weighted by Crippen LogP contribution is 2.29. The zero-order valence-electron chi connectivity index (χ0n) is 18.3. The molecule has 1 fully saturated rings. The van der Waals surface area contributed by atoms with E-state index in [1.807, 2.05) is 4.68 Å². The standard InChI is InChI=1S/C25H32N4S/c1-19(2)22-10-6-7-11-23(22)29-24(21-14-12-20(3)13-15-21)26-28(25(29)30)18-27-16-8-4-5-9-17-27/h6-7,10-15,19H,4-5,8-9,16-18H2,1-3H3. The van der Waals surface area contributed by atoms with Gasteiger partial charge in [-0.15, -0.1) is 5.10 Å². The van der Waals surface area contributed by atoms with Crippen LogP contribution in [-0.2, 0) is 6.67 Å². The maximum Gasteiger partial charge on any atom is 0.204 e. The Morgan fingerprint density at radius 1 is 0.933 bits per heavy atom. The Bertz CT molecular complexity index is 1040. The lowest BCUT2D eigenvalue weighted by atomic mass is 10.0. The fourth-order valence-electron chi connectivity index (χ4n) is 4.25. The molecule has 0 bridgehead atoms. The number of hydrogen-bond donors (Lipinski definition) is 0. The molecule has 3 aromatic rings. The minimum atomic E-state index is 0.405. The van der Waals surface area contributed by atoms with E-state index >= 15 is 0 Å². The molecule has 0 saturated carbocycles. The molecule has 1 aliphatic rings. The molecule has 5 heteroatoms. The van der Waals surface area contributed by atoms with Crippen LogP contribution in [0.25, 0.3) is 17.1 Å². The van der Waals surface area contributed by atoms with Crippen molar-refractivity contribution in [1.82, 2.24) is 19.2 Å². The second-order valence-electron chi connectivity index (χ2n) is 8.69. The van der Waals surface area contributed by atoms with Gasteiger partial charge in [0.25, 0.3) is 0 Å². The van der Waals surface area contributed by atoms with Gasteiger partial charge in [0.05, 0.1) is 12.4 Å². The fraction of sp³-hybridized carbons (Fsp3) is 0.440. The highest BCUT2D eigenvalue weighted by atomic mass is 32.1. The molecule has 1 aromatic heterocycles. The van der Waals surface area contributed by atoms with Crippen molar-refractivity contribution in [3.8, 4) is 17.1 Å². The second kappa shape index (κ2) is 9.27. The van der Waals surface area contributed by atoms with Gasteiger partial charge in [0.1, 0.15) is 0 Å². The molecule has 0 unspecified atom stereocenters. The Labute approximate surface area is 185 Å². The summed E-state index contributed by atoms with van der Waals surface area (Å²) in [6.07, 6.45) is 5.17. The predicted octanol–water partition coefficient (Wildman–Crippen LogP) is 6.34. The smallest absolute Gasteiger partial charge is 0.204 e. The molecule has 30 heavy (non-hydrogen) atoms. The van der Waals surface area contributed by atoms with Gasteiger partial charge in [-0.25, -0.2) is 4.68 Å². The molecule has 158 valence electrons. The molecular weight excluding hydrogens is 388 g/mol. The molecular formula is C25H32N4S. The topological polar surface area (TPSA) is 26.0 Å². The number of nitrogens with zero attached hydrogens (tertiary/aromatic N) is 4. The van der Waals surface area contributed by atoms with E-state index < -0.39 is 0 Å². The van der Waals surface area contributed by atoms with Crippen molar-refractivity contribution >= 4 is 12.2 Å². The number of benzene rings is 2. The third-order valence-electron chi connectivity index (χ3n) is 5.98. The lowest BCUT2D eigenvalue weighted by Crippen LogP contribution is -2.28. The van der Waals surface area contributed by atoms with E-state index in [4.69, 9.17) is 17.3 Å². The van der Waals surface area contributed by atoms with Gasteiger partial charge in [-0.2, -0.15) is 0 Å². The molecule has 2 aromatic carbocycles. The summed E-state index contributed by atoms with van der Waals surface area (Å²) in [4.78, 5) is 2.49.